The second-order valence-electron chi connectivity index (χ2n) is 3.86. The average Bonchev–Trinajstić information content (AvgIpc) is 2.70. The lowest BCUT2D eigenvalue weighted by Crippen LogP contribution is -2.27. The summed E-state index contributed by atoms with van der Waals surface area (Å²) in [7, 11) is 0. The van der Waals surface area contributed by atoms with Crippen molar-refractivity contribution in [3.05, 3.63) is 11.8 Å². The van der Waals surface area contributed by atoms with Crippen LogP contribution in [0, 0.1) is 0 Å². The normalized spacial score (nSPS) is 17.7. The lowest BCUT2D eigenvalue weighted by Gasteiger charge is -2.12. The molecule has 1 saturated heterocycles. The van der Waals surface area contributed by atoms with Crippen molar-refractivity contribution in [1.29, 1.82) is 0 Å². The third-order valence-electron chi connectivity index (χ3n) is 2.52. The summed E-state index contributed by atoms with van der Waals surface area (Å²) < 4.78 is 0. The van der Waals surface area contributed by atoms with Gasteiger partial charge in [0, 0.05) is 25.0 Å². The van der Waals surface area contributed by atoms with Crippen molar-refractivity contribution in [2.75, 3.05) is 13.1 Å². The third-order valence-corrected chi connectivity index (χ3v) is 2.52. The van der Waals surface area contributed by atoms with E-state index in [9.17, 15) is 4.79 Å². The molecule has 84 valence electrons. The first kappa shape index (κ1) is 12.0. The Hall–Kier alpha value is -1.12. The van der Waals surface area contributed by atoms with Gasteiger partial charge >= 0.3 is 0 Å². The van der Waals surface area contributed by atoms with Crippen molar-refractivity contribution in [2.24, 2.45) is 4.99 Å². The largest absolute Gasteiger partial charge is 0.342 e. The van der Waals surface area contributed by atoms with Gasteiger partial charge in [0.15, 0.2) is 0 Å². The van der Waals surface area contributed by atoms with Gasteiger partial charge in [0.05, 0.1) is 6.42 Å². The maximum atomic E-state index is 11.6. The van der Waals surface area contributed by atoms with E-state index in [1.54, 1.807) is 6.21 Å². The van der Waals surface area contributed by atoms with E-state index in [0.717, 1.165) is 38.0 Å². The van der Waals surface area contributed by atoms with Gasteiger partial charge in [-0.2, -0.15) is 0 Å². The van der Waals surface area contributed by atoms with E-state index < -0.39 is 0 Å². The molecule has 0 unspecified atom stereocenters. The fourth-order valence-corrected chi connectivity index (χ4v) is 1.71. The van der Waals surface area contributed by atoms with E-state index in [4.69, 9.17) is 0 Å². The first-order chi connectivity index (χ1) is 7.24. The first-order valence-electron chi connectivity index (χ1n) is 5.71. The number of aliphatic imine (C=N–C) groups is 1. The fourth-order valence-electron chi connectivity index (χ4n) is 1.71. The molecule has 0 aromatic rings. The molecule has 1 fully saturated rings. The monoisotopic (exact) mass is 208 g/mol. The quantitative estimate of drug-likeness (QED) is 0.653. The van der Waals surface area contributed by atoms with Crippen molar-refractivity contribution in [1.82, 2.24) is 4.90 Å². The van der Waals surface area contributed by atoms with Gasteiger partial charge in [-0.25, -0.2) is 0 Å². The maximum Gasteiger partial charge on any atom is 0.227 e. The van der Waals surface area contributed by atoms with Crippen LogP contribution in [0.2, 0.25) is 0 Å². The molecule has 0 saturated carbocycles. The fraction of sp³-hybridized carbons (Fsp3) is 0.667. The number of hydrogen-bond donors (Lipinski definition) is 0. The molecule has 1 aliphatic heterocycles. The number of hydrogen-bond acceptors (Lipinski definition) is 2. The maximum absolute atomic E-state index is 11.6. The lowest BCUT2D eigenvalue weighted by molar-refractivity contribution is -0.128. The van der Waals surface area contributed by atoms with Crippen molar-refractivity contribution >= 4 is 12.1 Å². The van der Waals surface area contributed by atoms with Gasteiger partial charge in [-0.15, -0.1) is 0 Å². The van der Waals surface area contributed by atoms with Crippen LogP contribution in [0.4, 0.5) is 0 Å². The molecule has 0 spiro atoms. The molecule has 0 aromatic carbocycles. The number of rotatable bonds is 4. The molecule has 15 heavy (non-hydrogen) atoms. The Bertz CT molecular complexity index is 263. The molecule has 0 aliphatic carbocycles. The first-order valence-corrected chi connectivity index (χ1v) is 5.71. The van der Waals surface area contributed by atoms with E-state index in [1.165, 1.54) is 0 Å². The van der Waals surface area contributed by atoms with Gasteiger partial charge < -0.3 is 4.90 Å². The van der Waals surface area contributed by atoms with Crippen LogP contribution in [-0.2, 0) is 4.79 Å². The highest BCUT2D eigenvalue weighted by molar-refractivity contribution is 5.90. The van der Waals surface area contributed by atoms with Crippen LogP contribution in [0.25, 0.3) is 0 Å². The summed E-state index contributed by atoms with van der Waals surface area (Å²) in [6, 6.07) is 0. The van der Waals surface area contributed by atoms with Crippen molar-refractivity contribution in [2.45, 2.75) is 39.5 Å². The second kappa shape index (κ2) is 6.38. The molecule has 0 radical (unpaired) electrons. The SMILES string of the molecule is CC/C=C(/C)N=CCC(=O)N1CCCC1. The Morgan fingerprint density at radius 2 is 2.07 bits per heavy atom. The number of amides is 1. The minimum Gasteiger partial charge on any atom is -0.342 e. The summed E-state index contributed by atoms with van der Waals surface area (Å²) in [5.41, 5.74) is 0.992. The zero-order valence-corrected chi connectivity index (χ0v) is 9.70. The molecule has 1 heterocycles. The van der Waals surface area contributed by atoms with Crippen LogP contribution in [0.5, 0.6) is 0 Å². The molecule has 3 nitrogen and oxygen atoms in total. The molecule has 0 bridgehead atoms. The second-order valence-corrected chi connectivity index (χ2v) is 3.86. The number of carbonyl (C=O) groups is 1. The van der Waals surface area contributed by atoms with Crippen LogP contribution >= 0.6 is 0 Å². The molecular formula is C12H20N2O. The predicted molar refractivity (Wildman–Crippen MR) is 63.0 cm³/mol. The molecule has 1 rings (SSSR count). The molecule has 1 aliphatic rings. The van der Waals surface area contributed by atoms with Gasteiger partial charge in [-0.3, -0.25) is 9.79 Å². The minimum absolute atomic E-state index is 0.209. The minimum atomic E-state index is 0.209. The summed E-state index contributed by atoms with van der Waals surface area (Å²) in [5, 5.41) is 0. The highest BCUT2D eigenvalue weighted by Gasteiger charge is 2.16. The predicted octanol–water partition coefficient (Wildman–Crippen LogP) is 2.38. The summed E-state index contributed by atoms with van der Waals surface area (Å²) in [6.45, 7) is 5.89. The summed E-state index contributed by atoms with van der Waals surface area (Å²) in [6.07, 6.45) is 7.51. The Labute approximate surface area is 91.9 Å². The zero-order valence-electron chi connectivity index (χ0n) is 9.70. The van der Waals surface area contributed by atoms with Crippen molar-refractivity contribution < 1.29 is 4.79 Å². The number of likely N-dealkylation sites (tertiary alicyclic amines) is 1. The topological polar surface area (TPSA) is 32.7 Å². The standard InChI is InChI=1S/C12H20N2O/c1-3-6-11(2)13-8-7-12(15)14-9-4-5-10-14/h6,8H,3-5,7,9-10H2,1-2H3/b11-6-,13-8?. The third kappa shape index (κ3) is 4.28. The highest BCUT2D eigenvalue weighted by Crippen LogP contribution is 2.08. The molecule has 1 amide bonds. The molecule has 3 heteroatoms. The molecule has 0 N–H and O–H groups in total. The zero-order chi connectivity index (χ0) is 11.1. The molecular weight excluding hydrogens is 188 g/mol. The van der Waals surface area contributed by atoms with Crippen LogP contribution in [0.15, 0.2) is 16.8 Å². The summed E-state index contributed by atoms with van der Waals surface area (Å²) >= 11 is 0. The smallest absolute Gasteiger partial charge is 0.227 e. The van der Waals surface area contributed by atoms with E-state index in [1.807, 2.05) is 11.8 Å². The Kier molecular flexibility index (Phi) is 5.08. The molecule has 0 aromatic heterocycles. The van der Waals surface area contributed by atoms with E-state index in [2.05, 4.69) is 18.0 Å². The van der Waals surface area contributed by atoms with E-state index in [-0.39, 0.29) is 5.91 Å². The summed E-state index contributed by atoms with van der Waals surface area (Å²) in [4.78, 5) is 17.7. The lowest BCUT2D eigenvalue weighted by atomic mass is 10.3. The number of carbonyl (C=O) groups excluding carboxylic acids is 1. The van der Waals surface area contributed by atoms with E-state index in [0.29, 0.717) is 6.42 Å². The van der Waals surface area contributed by atoms with Gasteiger partial charge in [-0.05, 0) is 26.2 Å². The Morgan fingerprint density at radius 1 is 1.40 bits per heavy atom. The van der Waals surface area contributed by atoms with Crippen LogP contribution < -0.4 is 0 Å². The highest BCUT2D eigenvalue weighted by atomic mass is 16.2. The van der Waals surface area contributed by atoms with Crippen LogP contribution in [0.1, 0.15) is 39.5 Å². The Morgan fingerprint density at radius 3 is 2.67 bits per heavy atom. The van der Waals surface area contributed by atoms with Gasteiger partial charge in [0.25, 0.3) is 0 Å². The van der Waals surface area contributed by atoms with Gasteiger partial charge in [-0.1, -0.05) is 13.0 Å². The van der Waals surface area contributed by atoms with Crippen molar-refractivity contribution in [3.63, 3.8) is 0 Å². The molecule has 0 atom stereocenters. The number of nitrogens with zero attached hydrogens (tertiary/aromatic N) is 2. The Balaban J connectivity index is 2.29. The number of allylic oxidation sites excluding steroid dienone is 2. The van der Waals surface area contributed by atoms with E-state index >= 15 is 0 Å². The summed E-state index contributed by atoms with van der Waals surface area (Å²) in [5.74, 6) is 0.209. The van der Waals surface area contributed by atoms with Gasteiger partial charge in [0.2, 0.25) is 5.91 Å². The van der Waals surface area contributed by atoms with Crippen molar-refractivity contribution in [3.8, 4) is 0 Å². The van der Waals surface area contributed by atoms with Gasteiger partial charge in [0.1, 0.15) is 0 Å². The van der Waals surface area contributed by atoms with Crippen LogP contribution in [0.3, 0.4) is 0 Å². The average molecular weight is 208 g/mol. The van der Waals surface area contributed by atoms with Crippen LogP contribution in [-0.4, -0.2) is 30.1 Å².